The van der Waals surface area contributed by atoms with Gasteiger partial charge in [0.05, 0.1) is 31.5 Å². The highest BCUT2D eigenvalue weighted by Gasteiger charge is 2.41. The molecule has 4 heteroatoms. The van der Waals surface area contributed by atoms with E-state index in [0.29, 0.717) is 6.54 Å². The molecule has 0 fully saturated rings. The minimum absolute atomic E-state index is 0.0573. The van der Waals surface area contributed by atoms with Gasteiger partial charge in [0, 0.05) is 11.5 Å². The third-order valence-electron chi connectivity index (χ3n) is 6.35. The quantitative estimate of drug-likeness (QED) is 0.469. The average Bonchev–Trinajstić information content (AvgIpc) is 2.91. The van der Waals surface area contributed by atoms with E-state index in [0.717, 1.165) is 16.9 Å². The highest BCUT2D eigenvalue weighted by molar-refractivity contribution is 6.94. The number of benzene rings is 1. The number of rotatable bonds is 1. The molecule has 1 aliphatic rings. The lowest BCUT2D eigenvalue weighted by Crippen LogP contribution is -2.51. The van der Waals surface area contributed by atoms with Crippen molar-refractivity contribution < 1.29 is 0 Å². The number of pyridine rings is 2. The summed E-state index contributed by atoms with van der Waals surface area (Å²) in [4.78, 5) is 17.4. The Balaban J connectivity index is 2.16. The van der Waals surface area contributed by atoms with Crippen LogP contribution in [0, 0.1) is 6.92 Å². The van der Waals surface area contributed by atoms with Crippen molar-refractivity contribution in [2.45, 2.75) is 52.4 Å². The van der Waals surface area contributed by atoms with Crippen molar-refractivity contribution in [1.82, 2.24) is 9.55 Å². The van der Waals surface area contributed by atoms with Gasteiger partial charge in [-0.3, -0.25) is 4.79 Å². The zero-order valence-electron chi connectivity index (χ0n) is 16.5. The summed E-state index contributed by atoms with van der Waals surface area (Å²) < 4.78 is 1.88. The molecule has 1 aromatic carbocycles. The zero-order valence-corrected chi connectivity index (χ0v) is 17.5. The number of aryl methyl sites for hydroxylation is 1. The third-order valence-corrected chi connectivity index (χ3v) is 11.9. The largest absolute Gasteiger partial charge is 0.302 e. The Morgan fingerprint density at radius 2 is 1.85 bits per heavy atom. The Kier molecular flexibility index (Phi) is 3.58. The first kappa shape index (κ1) is 17.2. The van der Waals surface area contributed by atoms with Crippen molar-refractivity contribution in [2.75, 3.05) is 0 Å². The summed E-state index contributed by atoms with van der Waals surface area (Å²) in [6, 6.07) is 12.1. The van der Waals surface area contributed by atoms with Crippen molar-refractivity contribution >= 4 is 24.2 Å². The Morgan fingerprint density at radius 1 is 1.12 bits per heavy atom. The van der Waals surface area contributed by atoms with E-state index >= 15 is 0 Å². The highest BCUT2D eigenvalue weighted by Crippen LogP contribution is 2.40. The molecule has 26 heavy (non-hydrogen) atoms. The van der Waals surface area contributed by atoms with Gasteiger partial charge in [-0.2, -0.15) is 0 Å². The molecular weight excluding hydrogens is 336 g/mol. The average molecular weight is 363 g/mol. The van der Waals surface area contributed by atoms with Gasteiger partial charge < -0.3 is 4.57 Å². The van der Waals surface area contributed by atoms with Crippen LogP contribution in [0.3, 0.4) is 0 Å². The van der Waals surface area contributed by atoms with Crippen LogP contribution in [-0.2, 0) is 6.54 Å². The van der Waals surface area contributed by atoms with Crippen LogP contribution in [0.4, 0.5) is 0 Å². The SMILES string of the molecule is Cc1ccc2nc3c(c([Si](C)(C)C(C)(C)C)c2c1)Cn1c-3cccc1=O. The zero-order chi connectivity index (χ0) is 18.9. The molecule has 0 radical (unpaired) electrons. The maximum Gasteiger partial charge on any atom is 0.251 e. The summed E-state index contributed by atoms with van der Waals surface area (Å²) in [5, 5.41) is 2.95. The molecule has 1 aliphatic heterocycles. The minimum Gasteiger partial charge on any atom is -0.302 e. The number of hydrogen-bond acceptors (Lipinski definition) is 2. The van der Waals surface area contributed by atoms with E-state index in [1.54, 1.807) is 6.07 Å². The molecular formula is C22H26N2OSi. The maximum atomic E-state index is 12.4. The van der Waals surface area contributed by atoms with Crippen LogP contribution < -0.4 is 10.7 Å². The molecule has 3 nitrogen and oxygen atoms in total. The van der Waals surface area contributed by atoms with Crippen molar-refractivity contribution in [3.63, 3.8) is 0 Å². The van der Waals surface area contributed by atoms with E-state index in [4.69, 9.17) is 4.98 Å². The lowest BCUT2D eigenvalue weighted by atomic mass is 10.1. The smallest absolute Gasteiger partial charge is 0.251 e. The Morgan fingerprint density at radius 3 is 2.54 bits per heavy atom. The van der Waals surface area contributed by atoms with Gasteiger partial charge in [0.2, 0.25) is 0 Å². The topological polar surface area (TPSA) is 34.9 Å². The molecule has 3 aromatic rings. The first-order valence-electron chi connectivity index (χ1n) is 9.25. The van der Waals surface area contributed by atoms with Crippen LogP contribution in [0.1, 0.15) is 31.9 Å². The van der Waals surface area contributed by atoms with E-state index in [1.165, 1.54) is 21.7 Å². The summed E-state index contributed by atoms with van der Waals surface area (Å²) in [7, 11) is -1.84. The molecule has 0 saturated heterocycles. The summed E-state index contributed by atoms with van der Waals surface area (Å²) in [6.07, 6.45) is 0. The van der Waals surface area contributed by atoms with Crippen LogP contribution in [-0.4, -0.2) is 17.6 Å². The predicted molar refractivity (Wildman–Crippen MR) is 112 cm³/mol. The normalized spacial score (nSPS) is 13.8. The van der Waals surface area contributed by atoms with Gasteiger partial charge in [0.1, 0.15) is 0 Å². The fraction of sp³-hybridized carbons (Fsp3) is 0.364. The molecule has 0 amide bonds. The van der Waals surface area contributed by atoms with Crippen LogP contribution in [0.25, 0.3) is 22.3 Å². The Hall–Kier alpha value is -2.20. The second kappa shape index (κ2) is 5.40. The molecule has 2 aromatic heterocycles. The number of aromatic nitrogens is 2. The first-order chi connectivity index (χ1) is 12.1. The van der Waals surface area contributed by atoms with E-state index < -0.39 is 8.07 Å². The van der Waals surface area contributed by atoms with Gasteiger partial charge in [-0.05, 0) is 40.9 Å². The van der Waals surface area contributed by atoms with Gasteiger partial charge in [-0.15, -0.1) is 0 Å². The molecule has 3 heterocycles. The molecule has 0 saturated carbocycles. The summed E-state index contributed by atoms with van der Waals surface area (Å²) in [6.45, 7) is 14.7. The lowest BCUT2D eigenvalue weighted by molar-refractivity contribution is 0.728. The second-order valence-electron chi connectivity index (χ2n) is 9.04. The molecule has 0 N–H and O–H groups in total. The van der Waals surface area contributed by atoms with Gasteiger partial charge >= 0.3 is 0 Å². The summed E-state index contributed by atoms with van der Waals surface area (Å²) in [5.41, 5.74) is 5.57. The first-order valence-corrected chi connectivity index (χ1v) is 12.3. The van der Waals surface area contributed by atoms with Crippen LogP contribution in [0.5, 0.6) is 0 Å². The number of fused-ring (bicyclic) bond motifs is 4. The fourth-order valence-corrected chi connectivity index (χ4v) is 6.49. The van der Waals surface area contributed by atoms with E-state index in [9.17, 15) is 4.79 Å². The van der Waals surface area contributed by atoms with E-state index in [-0.39, 0.29) is 10.6 Å². The predicted octanol–water partition coefficient (Wildman–Crippen LogP) is 4.45. The fourth-order valence-electron chi connectivity index (χ4n) is 3.92. The van der Waals surface area contributed by atoms with Crippen molar-refractivity contribution in [2.24, 2.45) is 0 Å². The number of hydrogen-bond donors (Lipinski definition) is 0. The Bertz CT molecular complexity index is 1100. The maximum absolute atomic E-state index is 12.4. The summed E-state index contributed by atoms with van der Waals surface area (Å²) in [5.74, 6) is 0. The van der Waals surface area contributed by atoms with Crippen LogP contribution in [0.2, 0.25) is 18.1 Å². The van der Waals surface area contributed by atoms with Gasteiger partial charge in [-0.1, -0.05) is 51.6 Å². The molecule has 134 valence electrons. The van der Waals surface area contributed by atoms with Crippen molar-refractivity contribution in [3.05, 3.63) is 57.9 Å². The summed E-state index contributed by atoms with van der Waals surface area (Å²) >= 11 is 0. The third kappa shape index (κ3) is 2.32. The van der Waals surface area contributed by atoms with Crippen LogP contribution >= 0.6 is 0 Å². The Labute approximate surface area is 155 Å². The molecule has 4 rings (SSSR count). The molecule has 0 atom stereocenters. The standard InChI is InChI=1S/C22H26N2OSi/c1-14-10-11-17-15(12-14)21(26(5,6)22(2,3)4)16-13-24-18(20(16)23-17)8-7-9-19(24)25/h7-12H,13H2,1-6H3. The van der Waals surface area contributed by atoms with Crippen LogP contribution in [0.15, 0.2) is 41.2 Å². The second-order valence-corrected chi connectivity index (χ2v) is 14.3. The minimum atomic E-state index is -1.84. The molecule has 0 unspecified atom stereocenters. The van der Waals surface area contributed by atoms with Crippen molar-refractivity contribution in [1.29, 1.82) is 0 Å². The number of nitrogens with zero attached hydrogens (tertiary/aromatic N) is 2. The van der Waals surface area contributed by atoms with Crippen molar-refractivity contribution in [3.8, 4) is 11.4 Å². The monoisotopic (exact) mass is 362 g/mol. The van der Waals surface area contributed by atoms with E-state index in [1.807, 2.05) is 16.7 Å². The van der Waals surface area contributed by atoms with E-state index in [2.05, 4.69) is 59.0 Å². The van der Waals surface area contributed by atoms with Gasteiger partial charge in [0.25, 0.3) is 5.56 Å². The molecule has 0 spiro atoms. The van der Waals surface area contributed by atoms with Gasteiger partial charge in [0.15, 0.2) is 0 Å². The molecule has 0 bridgehead atoms. The molecule has 0 aliphatic carbocycles. The lowest BCUT2D eigenvalue weighted by Gasteiger charge is -2.39. The van der Waals surface area contributed by atoms with Gasteiger partial charge in [-0.25, -0.2) is 4.98 Å². The highest BCUT2D eigenvalue weighted by atomic mass is 28.3.